The zero-order valence-corrected chi connectivity index (χ0v) is 13.7. The van der Waals surface area contributed by atoms with Gasteiger partial charge in [0.2, 0.25) is 0 Å². The Bertz CT molecular complexity index is 459. The molecule has 0 atom stereocenters. The molecule has 1 N–H and O–H groups in total. The van der Waals surface area contributed by atoms with Crippen LogP contribution in [0.1, 0.15) is 58.9 Å². The van der Waals surface area contributed by atoms with E-state index >= 15 is 0 Å². The Labute approximate surface area is 128 Å². The van der Waals surface area contributed by atoms with Crippen LogP contribution in [0.2, 0.25) is 0 Å². The minimum atomic E-state index is -0.220. The summed E-state index contributed by atoms with van der Waals surface area (Å²) in [5.41, 5.74) is 0.955. The van der Waals surface area contributed by atoms with E-state index in [1.165, 1.54) is 18.9 Å². The maximum Gasteiger partial charge on any atom is 0.127 e. The molecule has 0 aliphatic heterocycles. The molecule has 3 heteroatoms. The monoisotopic (exact) mass is 293 g/mol. The van der Waals surface area contributed by atoms with E-state index in [0.717, 1.165) is 24.3 Å². The van der Waals surface area contributed by atoms with Gasteiger partial charge in [0.1, 0.15) is 11.6 Å². The highest BCUT2D eigenvalue weighted by atomic mass is 19.1. The number of halogens is 1. The first kappa shape index (κ1) is 16.3. The Morgan fingerprint density at radius 1 is 1.14 bits per heavy atom. The van der Waals surface area contributed by atoms with Crippen molar-refractivity contribution in [3.05, 3.63) is 29.6 Å². The molecule has 1 aliphatic carbocycles. The molecule has 0 bridgehead atoms. The molecule has 0 unspecified atom stereocenters. The zero-order valence-electron chi connectivity index (χ0n) is 13.7. The highest BCUT2D eigenvalue weighted by molar-refractivity contribution is 5.30. The molecule has 118 valence electrons. The fourth-order valence-corrected chi connectivity index (χ4v) is 2.70. The van der Waals surface area contributed by atoms with Crippen LogP contribution in [0.3, 0.4) is 0 Å². The minimum Gasteiger partial charge on any atom is -0.490 e. The second kappa shape index (κ2) is 6.78. The molecule has 0 saturated heterocycles. The molecular weight excluding hydrogens is 265 g/mol. The summed E-state index contributed by atoms with van der Waals surface area (Å²) in [5.74, 6) is 1.24. The lowest BCUT2D eigenvalue weighted by Gasteiger charge is -2.27. The number of benzene rings is 1. The van der Waals surface area contributed by atoms with Crippen molar-refractivity contribution in [1.82, 2.24) is 5.32 Å². The first-order valence-corrected chi connectivity index (χ1v) is 8.03. The van der Waals surface area contributed by atoms with E-state index in [1.807, 2.05) is 6.07 Å². The molecule has 2 rings (SSSR count). The van der Waals surface area contributed by atoms with Crippen molar-refractivity contribution in [2.75, 3.05) is 0 Å². The average molecular weight is 293 g/mol. The van der Waals surface area contributed by atoms with Crippen molar-refractivity contribution >= 4 is 0 Å². The molecule has 0 aromatic heterocycles. The zero-order chi connectivity index (χ0) is 15.5. The summed E-state index contributed by atoms with van der Waals surface area (Å²) >= 11 is 0. The minimum absolute atomic E-state index is 0.0207. The number of rotatable bonds is 4. The largest absolute Gasteiger partial charge is 0.490 e. The molecule has 21 heavy (non-hydrogen) atoms. The van der Waals surface area contributed by atoms with Gasteiger partial charge >= 0.3 is 0 Å². The van der Waals surface area contributed by atoms with Gasteiger partial charge in [-0.1, -0.05) is 6.92 Å². The molecule has 2 nitrogen and oxygen atoms in total. The summed E-state index contributed by atoms with van der Waals surface area (Å²) in [6.07, 6.45) is 4.81. The van der Waals surface area contributed by atoms with Crippen molar-refractivity contribution < 1.29 is 9.13 Å². The van der Waals surface area contributed by atoms with Gasteiger partial charge < -0.3 is 10.1 Å². The molecular formula is C18H28FNO. The Hall–Kier alpha value is -1.09. The Kier molecular flexibility index (Phi) is 5.26. The van der Waals surface area contributed by atoms with Crippen LogP contribution in [0.15, 0.2) is 18.2 Å². The van der Waals surface area contributed by atoms with Gasteiger partial charge in [-0.2, -0.15) is 0 Å². The van der Waals surface area contributed by atoms with Gasteiger partial charge in [-0.05, 0) is 70.1 Å². The lowest BCUT2D eigenvalue weighted by molar-refractivity contribution is 0.135. The molecule has 0 amide bonds. The van der Waals surface area contributed by atoms with Crippen LogP contribution < -0.4 is 10.1 Å². The predicted octanol–water partition coefficient (Wildman–Crippen LogP) is 4.67. The fourth-order valence-electron chi connectivity index (χ4n) is 2.70. The predicted molar refractivity (Wildman–Crippen MR) is 85.0 cm³/mol. The topological polar surface area (TPSA) is 21.3 Å². The van der Waals surface area contributed by atoms with Gasteiger partial charge in [0.05, 0.1) is 6.10 Å². The lowest BCUT2D eigenvalue weighted by Crippen LogP contribution is -2.35. The van der Waals surface area contributed by atoms with Crippen molar-refractivity contribution in [2.45, 2.75) is 71.6 Å². The van der Waals surface area contributed by atoms with E-state index in [4.69, 9.17) is 4.74 Å². The number of hydrogen-bond donors (Lipinski definition) is 1. The summed E-state index contributed by atoms with van der Waals surface area (Å²) in [6.45, 7) is 9.25. The normalized spacial score (nSPS) is 23.1. The first-order valence-electron chi connectivity index (χ1n) is 8.03. The Balaban J connectivity index is 1.98. The fraction of sp³-hybridized carbons (Fsp3) is 0.667. The molecule has 0 spiro atoms. The standard InChI is InChI=1S/C18H28FNO/c1-13-5-7-16(8-6-13)21-17-10-14(9-15(19)11-17)12-20-18(2,3)4/h9-11,13,16,20H,5-8,12H2,1-4H3. The van der Waals surface area contributed by atoms with Crippen molar-refractivity contribution in [3.63, 3.8) is 0 Å². The number of ether oxygens (including phenoxy) is 1. The summed E-state index contributed by atoms with van der Waals surface area (Å²) in [4.78, 5) is 0. The third-order valence-corrected chi connectivity index (χ3v) is 4.02. The van der Waals surface area contributed by atoms with Gasteiger partial charge in [-0.25, -0.2) is 4.39 Å². The van der Waals surface area contributed by atoms with Gasteiger partial charge in [-0.3, -0.25) is 0 Å². The smallest absolute Gasteiger partial charge is 0.127 e. The van der Waals surface area contributed by atoms with E-state index in [-0.39, 0.29) is 17.5 Å². The molecule has 1 aromatic rings. The third kappa shape index (κ3) is 5.66. The van der Waals surface area contributed by atoms with E-state index in [0.29, 0.717) is 12.3 Å². The van der Waals surface area contributed by atoms with Crippen LogP contribution >= 0.6 is 0 Å². The molecule has 1 saturated carbocycles. The summed E-state index contributed by atoms with van der Waals surface area (Å²) < 4.78 is 19.7. The second-order valence-electron chi connectivity index (χ2n) is 7.40. The molecule has 1 aliphatic rings. The van der Waals surface area contributed by atoms with Crippen LogP contribution in [-0.2, 0) is 6.54 Å². The Morgan fingerprint density at radius 3 is 2.43 bits per heavy atom. The quantitative estimate of drug-likeness (QED) is 0.871. The van der Waals surface area contributed by atoms with Crippen molar-refractivity contribution in [1.29, 1.82) is 0 Å². The van der Waals surface area contributed by atoms with Gasteiger partial charge in [0.15, 0.2) is 0 Å². The van der Waals surface area contributed by atoms with Crippen molar-refractivity contribution in [2.24, 2.45) is 5.92 Å². The lowest BCUT2D eigenvalue weighted by atomic mass is 9.89. The van der Waals surface area contributed by atoms with Crippen LogP contribution in [0.5, 0.6) is 5.75 Å². The average Bonchev–Trinajstić information content (AvgIpc) is 2.38. The number of nitrogens with one attached hydrogen (secondary N) is 1. The molecule has 0 heterocycles. The summed E-state index contributed by atoms with van der Waals surface area (Å²) in [6, 6.07) is 5.03. The van der Waals surface area contributed by atoms with Gasteiger partial charge in [-0.15, -0.1) is 0 Å². The summed E-state index contributed by atoms with van der Waals surface area (Å²) in [5, 5.41) is 3.38. The third-order valence-electron chi connectivity index (χ3n) is 4.02. The van der Waals surface area contributed by atoms with Crippen molar-refractivity contribution in [3.8, 4) is 5.75 Å². The SMILES string of the molecule is CC1CCC(Oc2cc(F)cc(CNC(C)(C)C)c2)CC1. The van der Waals surface area contributed by atoms with Crippen LogP contribution in [0, 0.1) is 11.7 Å². The maximum atomic E-state index is 13.8. The first-order chi connectivity index (χ1) is 9.82. The maximum absolute atomic E-state index is 13.8. The Morgan fingerprint density at radius 2 is 1.81 bits per heavy atom. The van der Waals surface area contributed by atoms with Crippen LogP contribution in [0.25, 0.3) is 0 Å². The second-order valence-corrected chi connectivity index (χ2v) is 7.40. The van der Waals surface area contributed by atoms with Crippen LogP contribution in [-0.4, -0.2) is 11.6 Å². The summed E-state index contributed by atoms with van der Waals surface area (Å²) in [7, 11) is 0. The van der Waals surface area contributed by atoms with Gasteiger partial charge in [0, 0.05) is 18.2 Å². The highest BCUT2D eigenvalue weighted by Crippen LogP contribution is 2.28. The number of hydrogen-bond acceptors (Lipinski definition) is 2. The van der Waals surface area contributed by atoms with E-state index in [1.54, 1.807) is 6.07 Å². The van der Waals surface area contributed by atoms with Crippen LogP contribution in [0.4, 0.5) is 4.39 Å². The molecule has 1 fully saturated rings. The van der Waals surface area contributed by atoms with E-state index in [2.05, 4.69) is 33.0 Å². The van der Waals surface area contributed by atoms with E-state index in [9.17, 15) is 4.39 Å². The molecule has 0 radical (unpaired) electrons. The van der Waals surface area contributed by atoms with E-state index < -0.39 is 0 Å². The highest BCUT2D eigenvalue weighted by Gasteiger charge is 2.20. The molecule has 1 aromatic carbocycles. The van der Waals surface area contributed by atoms with Gasteiger partial charge in [0.25, 0.3) is 0 Å².